The van der Waals surface area contributed by atoms with Crippen LogP contribution in [-0.2, 0) is 9.59 Å². The molecule has 1 atom stereocenters. The van der Waals surface area contributed by atoms with Gasteiger partial charge in [-0.3, -0.25) is 19.5 Å². The molecule has 2 aromatic carbocycles. The highest BCUT2D eigenvalue weighted by atomic mass is 35.5. The lowest BCUT2D eigenvalue weighted by molar-refractivity contribution is -0.132. The number of hydrogen-bond acceptors (Lipinski definition) is 5. The molecule has 0 saturated carbocycles. The van der Waals surface area contributed by atoms with E-state index in [0.717, 1.165) is 18.8 Å². The van der Waals surface area contributed by atoms with Gasteiger partial charge in [0, 0.05) is 47.4 Å². The molecule has 2 fully saturated rings. The summed E-state index contributed by atoms with van der Waals surface area (Å²) in [7, 11) is 0. The summed E-state index contributed by atoms with van der Waals surface area (Å²) >= 11 is 5.99. The van der Waals surface area contributed by atoms with Gasteiger partial charge in [-0.2, -0.15) is 0 Å². The van der Waals surface area contributed by atoms with Gasteiger partial charge in [-0.1, -0.05) is 17.7 Å². The number of anilines is 2. The van der Waals surface area contributed by atoms with Crippen LogP contribution in [0.25, 0.3) is 5.76 Å². The van der Waals surface area contributed by atoms with E-state index >= 15 is 0 Å². The highest BCUT2D eigenvalue weighted by Gasteiger charge is 2.47. The monoisotopic (exact) mass is 473 g/mol. The highest BCUT2D eigenvalue weighted by Crippen LogP contribution is 2.42. The number of aliphatic hydroxyl groups excluding tert-OH is 1. The SMILES string of the molecule is O=C1C(=O)N(c2ccc(N3CCCCC3)cc2)C(c2cccnc2)/C1=C(\O)c1ccc(Cl)cc1. The summed E-state index contributed by atoms with van der Waals surface area (Å²) in [6.07, 6.45) is 6.82. The maximum Gasteiger partial charge on any atom is 0.300 e. The van der Waals surface area contributed by atoms with Crippen molar-refractivity contribution in [1.82, 2.24) is 4.98 Å². The molecule has 34 heavy (non-hydrogen) atoms. The number of hydrogen-bond donors (Lipinski definition) is 1. The van der Waals surface area contributed by atoms with Crippen molar-refractivity contribution in [3.8, 4) is 0 Å². The Morgan fingerprint density at radius 1 is 0.912 bits per heavy atom. The van der Waals surface area contributed by atoms with Crippen LogP contribution in [0, 0.1) is 0 Å². The fourth-order valence-corrected chi connectivity index (χ4v) is 4.82. The summed E-state index contributed by atoms with van der Waals surface area (Å²) in [6, 6.07) is 16.9. The zero-order valence-electron chi connectivity index (χ0n) is 18.5. The molecule has 0 aliphatic carbocycles. The van der Waals surface area contributed by atoms with E-state index in [4.69, 9.17) is 11.6 Å². The van der Waals surface area contributed by atoms with E-state index in [9.17, 15) is 14.7 Å². The van der Waals surface area contributed by atoms with E-state index < -0.39 is 17.7 Å². The number of nitrogens with zero attached hydrogens (tertiary/aromatic N) is 3. The minimum Gasteiger partial charge on any atom is -0.507 e. The summed E-state index contributed by atoms with van der Waals surface area (Å²) in [5.41, 5.74) is 2.76. The Morgan fingerprint density at radius 3 is 2.24 bits per heavy atom. The van der Waals surface area contributed by atoms with Crippen LogP contribution in [0.4, 0.5) is 11.4 Å². The normalized spacial score (nSPS) is 20.1. The van der Waals surface area contributed by atoms with Crippen LogP contribution in [0.2, 0.25) is 5.02 Å². The maximum absolute atomic E-state index is 13.3. The van der Waals surface area contributed by atoms with Gasteiger partial charge in [0.05, 0.1) is 11.6 Å². The fraction of sp³-hybridized carbons (Fsp3) is 0.222. The first kappa shape index (κ1) is 22.2. The lowest BCUT2D eigenvalue weighted by Crippen LogP contribution is -2.30. The summed E-state index contributed by atoms with van der Waals surface area (Å²) in [5.74, 6) is -1.66. The van der Waals surface area contributed by atoms with Gasteiger partial charge < -0.3 is 10.0 Å². The highest BCUT2D eigenvalue weighted by molar-refractivity contribution is 6.51. The largest absolute Gasteiger partial charge is 0.507 e. The fourth-order valence-electron chi connectivity index (χ4n) is 4.69. The van der Waals surface area contributed by atoms with Crippen molar-refractivity contribution in [2.24, 2.45) is 0 Å². The number of benzene rings is 2. The molecule has 3 aromatic rings. The molecule has 5 rings (SSSR count). The number of amides is 1. The van der Waals surface area contributed by atoms with Crippen LogP contribution in [-0.4, -0.2) is 34.9 Å². The molecule has 172 valence electrons. The van der Waals surface area contributed by atoms with Crippen LogP contribution < -0.4 is 9.80 Å². The number of carbonyl (C=O) groups is 2. The van der Waals surface area contributed by atoms with Crippen molar-refractivity contribution in [1.29, 1.82) is 0 Å². The second-order valence-corrected chi connectivity index (χ2v) is 8.96. The standard InChI is InChI=1S/C27H24ClN3O3/c28-20-8-6-18(7-9-20)25(32)23-24(19-5-4-14-29-17-19)31(27(34)26(23)33)22-12-10-21(11-13-22)30-15-2-1-3-16-30/h4-14,17,24,32H,1-3,15-16H2/b25-23+. The summed E-state index contributed by atoms with van der Waals surface area (Å²) in [6.45, 7) is 2.03. The lowest BCUT2D eigenvalue weighted by atomic mass is 9.96. The van der Waals surface area contributed by atoms with E-state index in [1.807, 2.05) is 24.3 Å². The Balaban J connectivity index is 1.59. The molecule has 6 nitrogen and oxygen atoms in total. The van der Waals surface area contributed by atoms with Crippen molar-refractivity contribution < 1.29 is 14.7 Å². The minimum atomic E-state index is -0.801. The third kappa shape index (κ3) is 4.05. The van der Waals surface area contributed by atoms with E-state index in [-0.39, 0.29) is 11.3 Å². The molecule has 0 radical (unpaired) electrons. The molecule has 1 amide bonds. The molecule has 3 heterocycles. The Morgan fingerprint density at radius 2 is 1.59 bits per heavy atom. The number of Topliss-reactive ketones (excluding diaryl/α,β-unsaturated/α-hetero) is 1. The molecule has 1 aromatic heterocycles. The van der Waals surface area contributed by atoms with Crippen LogP contribution in [0.1, 0.15) is 36.4 Å². The predicted octanol–water partition coefficient (Wildman–Crippen LogP) is 5.35. The van der Waals surface area contributed by atoms with Crippen LogP contribution in [0.5, 0.6) is 0 Å². The quantitative estimate of drug-likeness (QED) is 0.314. The molecular weight excluding hydrogens is 450 g/mol. The Hall–Kier alpha value is -3.64. The van der Waals surface area contributed by atoms with Gasteiger partial charge in [-0.05, 0) is 79.4 Å². The smallest absolute Gasteiger partial charge is 0.300 e. The molecule has 2 aliphatic rings. The third-order valence-electron chi connectivity index (χ3n) is 6.41. The summed E-state index contributed by atoms with van der Waals surface area (Å²) in [5, 5.41) is 11.6. The number of piperidine rings is 1. The average Bonchev–Trinajstić information content (AvgIpc) is 3.15. The van der Waals surface area contributed by atoms with E-state index in [2.05, 4.69) is 9.88 Å². The number of carbonyl (C=O) groups excluding carboxylic acids is 2. The third-order valence-corrected chi connectivity index (χ3v) is 6.66. The second-order valence-electron chi connectivity index (χ2n) is 8.53. The number of pyridine rings is 1. The van der Waals surface area contributed by atoms with Crippen LogP contribution in [0.15, 0.2) is 78.6 Å². The molecule has 7 heteroatoms. The Labute approximate surface area is 203 Å². The van der Waals surface area contributed by atoms with Gasteiger partial charge in [0.2, 0.25) is 0 Å². The molecular formula is C27H24ClN3O3. The van der Waals surface area contributed by atoms with Gasteiger partial charge in [-0.25, -0.2) is 0 Å². The molecule has 2 aliphatic heterocycles. The lowest BCUT2D eigenvalue weighted by Gasteiger charge is -2.30. The number of halogens is 1. The van der Waals surface area contributed by atoms with Crippen molar-refractivity contribution in [2.45, 2.75) is 25.3 Å². The first-order chi connectivity index (χ1) is 16.5. The van der Waals surface area contributed by atoms with Crippen LogP contribution >= 0.6 is 11.6 Å². The summed E-state index contributed by atoms with van der Waals surface area (Å²) < 4.78 is 0. The van der Waals surface area contributed by atoms with Crippen molar-refractivity contribution in [3.63, 3.8) is 0 Å². The van der Waals surface area contributed by atoms with E-state index in [1.54, 1.807) is 48.8 Å². The molecule has 0 bridgehead atoms. The second kappa shape index (κ2) is 9.31. The molecule has 2 saturated heterocycles. The van der Waals surface area contributed by atoms with Gasteiger partial charge in [0.1, 0.15) is 5.76 Å². The average molecular weight is 474 g/mol. The maximum atomic E-state index is 13.3. The van der Waals surface area contributed by atoms with E-state index in [1.165, 1.54) is 24.2 Å². The number of rotatable bonds is 4. The van der Waals surface area contributed by atoms with Crippen molar-refractivity contribution in [2.75, 3.05) is 22.9 Å². The topological polar surface area (TPSA) is 73.7 Å². The van der Waals surface area contributed by atoms with Crippen LogP contribution in [0.3, 0.4) is 0 Å². The number of aliphatic hydroxyl groups is 1. The first-order valence-electron chi connectivity index (χ1n) is 11.4. The van der Waals surface area contributed by atoms with Gasteiger partial charge in [-0.15, -0.1) is 0 Å². The van der Waals surface area contributed by atoms with Gasteiger partial charge in [0.25, 0.3) is 11.7 Å². The molecule has 1 N–H and O–H groups in total. The Kier molecular flexibility index (Phi) is 6.07. The van der Waals surface area contributed by atoms with Crippen molar-refractivity contribution in [3.05, 3.63) is 94.8 Å². The van der Waals surface area contributed by atoms with Gasteiger partial charge in [0.15, 0.2) is 0 Å². The number of aromatic nitrogens is 1. The zero-order valence-corrected chi connectivity index (χ0v) is 19.3. The number of ketones is 1. The molecule has 0 spiro atoms. The summed E-state index contributed by atoms with van der Waals surface area (Å²) in [4.78, 5) is 34.4. The van der Waals surface area contributed by atoms with Crippen molar-refractivity contribution >= 4 is 40.4 Å². The predicted molar refractivity (Wildman–Crippen MR) is 133 cm³/mol. The minimum absolute atomic E-state index is 0.0282. The first-order valence-corrected chi connectivity index (χ1v) is 11.7. The molecule has 1 unspecified atom stereocenters. The van der Waals surface area contributed by atoms with E-state index in [0.29, 0.717) is 21.8 Å². The zero-order chi connectivity index (χ0) is 23.7. The van der Waals surface area contributed by atoms with Gasteiger partial charge >= 0.3 is 0 Å². The Bertz CT molecular complexity index is 1230.